The first-order valence-electron chi connectivity index (χ1n) is 13.3. The van der Waals surface area contributed by atoms with Crippen molar-refractivity contribution in [3.8, 4) is 11.5 Å². The molecule has 1 aliphatic heterocycles. The smallest absolute Gasteiger partial charge is 0.479 e. The van der Waals surface area contributed by atoms with Crippen LogP contribution in [-0.2, 0) is 6.42 Å². The van der Waals surface area contributed by atoms with Crippen LogP contribution in [-0.4, -0.2) is 42.8 Å². The Hall–Kier alpha value is -2.97. The molecule has 0 saturated carbocycles. The van der Waals surface area contributed by atoms with Gasteiger partial charge in [0.05, 0.1) is 6.67 Å². The monoisotopic (exact) mass is 557 g/mol. The number of halogens is 4. The van der Waals surface area contributed by atoms with Gasteiger partial charge in [0.1, 0.15) is 17.6 Å². The van der Waals surface area contributed by atoms with E-state index >= 15 is 0 Å². The summed E-state index contributed by atoms with van der Waals surface area (Å²) < 4.78 is 61.8. The van der Waals surface area contributed by atoms with E-state index in [0.717, 1.165) is 78.9 Å². The van der Waals surface area contributed by atoms with Gasteiger partial charge in [-0.2, -0.15) is 13.2 Å². The number of aryl methyl sites for hydroxylation is 1. The molecule has 3 nitrogen and oxygen atoms in total. The van der Waals surface area contributed by atoms with Crippen LogP contribution in [0.1, 0.15) is 47.9 Å². The molecule has 0 bridgehead atoms. The molecule has 0 amide bonds. The molecule has 39 heavy (non-hydrogen) atoms. The topological polar surface area (TPSA) is 21.7 Å². The zero-order valence-electron chi connectivity index (χ0n) is 21.6. The van der Waals surface area contributed by atoms with Crippen molar-refractivity contribution in [3.63, 3.8) is 0 Å². The minimum atomic E-state index is -4.46. The lowest BCUT2D eigenvalue weighted by Gasteiger charge is -2.19. The molecule has 2 aliphatic rings. The second-order valence-electron chi connectivity index (χ2n) is 9.90. The Morgan fingerprint density at radius 2 is 1.67 bits per heavy atom. The fourth-order valence-electron chi connectivity index (χ4n) is 5.44. The molecule has 206 valence electrons. The van der Waals surface area contributed by atoms with Crippen molar-refractivity contribution in [1.29, 1.82) is 0 Å². The summed E-state index contributed by atoms with van der Waals surface area (Å²) in [4.78, 5) is 2.24. The standard InChI is InChI=1S/C31H31F4NO2S/c32-17-5-18-36-19-16-27(21-36)37-25-12-10-23(11-13-25)30-28(22-6-2-1-3-7-22)9-4-8-24-20-26(14-15-29(24)30)38-39-31(33,34)35/h1-3,6-7,10-15,20,27H,4-5,8-9,16-19,21H2. The Balaban J connectivity index is 1.44. The summed E-state index contributed by atoms with van der Waals surface area (Å²) in [6, 6.07) is 23.5. The number of fused-ring (bicyclic) bond motifs is 1. The van der Waals surface area contributed by atoms with Crippen molar-refractivity contribution in [2.75, 3.05) is 26.3 Å². The lowest BCUT2D eigenvalue weighted by atomic mass is 9.88. The largest absolute Gasteiger partial charge is 0.489 e. The van der Waals surface area contributed by atoms with Crippen molar-refractivity contribution in [1.82, 2.24) is 4.90 Å². The van der Waals surface area contributed by atoms with Crippen LogP contribution in [0.2, 0.25) is 0 Å². The van der Waals surface area contributed by atoms with Gasteiger partial charge in [-0.1, -0.05) is 48.5 Å². The Morgan fingerprint density at radius 3 is 2.41 bits per heavy atom. The van der Waals surface area contributed by atoms with Gasteiger partial charge in [0.2, 0.25) is 0 Å². The molecule has 0 radical (unpaired) electrons. The van der Waals surface area contributed by atoms with Crippen LogP contribution in [0.15, 0.2) is 72.8 Å². The van der Waals surface area contributed by atoms with Crippen LogP contribution in [0.3, 0.4) is 0 Å². The number of likely N-dealkylation sites (tertiary alicyclic amines) is 1. The summed E-state index contributed by atoms with van der Waals surface area (Å²) in [5.41, 5.74) is 1.95. The maximum Gasteiger partial charge on any atom is 0.479 e. The molecule has 3 aromatic carbocycles. The minimum absolute atomic E-state index is 0.0844. The van der Waals surface area contributed by atoms with Gasteiger partial charge >= 0.3 is 5.51 Å². The van der Waals surface area contributed by atoms with Gasteiger partial charge in [-0.15, -0.1) is 0 Å². The predicted octanol–water partition coefficient (Wildman–Crippen LogP) is 8.34. The van der Waals surface area contributed by atoms with Crippen molar-refractivity contribution >= 4 is 23.2 Å². The van der Waals surface area contributed by atoms with Crippen LogP contribution in [0.5, 0.6) is 11.5 Å². The number of allylic oxidation sites excluding steroid dienone is 1. The van der Waals surface area contributed by atoms with E-state index in [0.29, 0.717) is 6.42 Å². The van der Waals surface area contributed by atoms with E-state index in [1.807, 2.05) is 36.4 Å². The van der Waals surface area contributed by atoms with Crippen molar-refractivity contribution in [3.05, 3.63) is 95.1 Å². The summed E-state index contributed by atoms with van der Waals surface area (Å²) in [5.74, 6) is 0.985. The van der Waals surface area contributed by atoms with Gasteiger partial charge in [-0.25, -0.2) is 0 Å². The third kappa shape index (κ3) is 7.17. The number of hydrogen-bond acceptors (Lipinski definition) is 4. The lowest BCUT2D eigenvalue weighted by Crippen LogP contribution is -2.26. The average Bonchev–Trinajstić information content (AvgIpc) is 3.29. The van der Waals surface area contributed by atoms with Gasteiger partial charge in [-0.3, -0.25) is 9.29 Å². The summed E-state index contributed by atoms with van der Waals surface area (Å²) in [6.45, 7) is 2.18. The zero-order chi connectivity index (χ0) is 27.2. The van der Waals surface area contributed by atoms with Crippen molar-refractivity contribution in [2.45, 2.75) is 43.7 Å². The maximum atomic E-state index is 12.7. The van der Waals surface area contributed by atoms with E-state index in [2.05, 4.69) is 29.2 Å². The minimum Gasteiger partial charge on any atom is -0.489 e. The molecular weight excluding hydrogens is 526 g/mol. The van der Waals surface area contributed by atoms with E-state index in [4.69, 9.17) is 8.92 Å². The van der Waals surface area contributed by atoms with E-state index in [9.17, 15) is 17.6 Å². The number of hydrogen-bond donors (Lipinski definition) is 0. The fraction of sp³-hybridized carbons (Fsp3) is 0.355. The highest BCUT2D eigenvalue weighted by Gasteiger charge is 2.32. The summed E-state index contributed by atoms with van der Waals surface area (Å²) in [5, 5.41) is 0. The van der Waals surface area contributed by atoms with Gasteiger partial charge in [0.15, 0.2) is 12.0 Å². The summed E-state index contributed by atoms with van der Waals surface area (Å²) in [7, 11) is 0. The highest BCUT2D eigenvalue weighted by molar-refractivity contribution is 7.95. The van der Waals surface area contributed by atoms with Gasteiger partial charge in [0, 0.05) is 19.6 Å². The Labute approximate surface area is 231 Å². The van der Waals surface area contributed by atoms with Crippen molar-refractivity contribution < 1.29 is 26.5 Å². The predicted molar refractivity (Wildman–Crippen MR) is 149 cm³/mol. The van der Waals surface area contributed by atoms with Crippen LogP contribution in [0.25, 0.3) is 11.1 Å². The third-order valence-corrected chi connectivity index (χ3v) is 7.62. The molecule has 1 atom stereocenters. The quantitative estimate of drug-likeness (QED) is 0.195. The van der Waals surface area contributed by atoms with Crippen LogP contribution in [0.4, 0.5) is 17.6 Å². The van der Waals surface area contributed by atoms with Gasteiger partial charge in [-0.05, 0) is 89.8 Å². The van der Waals surface area contributed by atoms with Crippen molar-refractivity contribution in [2.24, 2.45) is 0 Å². The molecule has 5 rings (SSSR count). The number of alkyl halides is 4. The van der Waals surface area contributed by atoms with E-state index in [1.165, 1.54) is 5.57 Å². The molecule has 1 unspecified atom stereocenters. The Morgan fingerprint density at radius 1 is 0.897 bits per heavy atom. The first-order chi connectivity index (χ1) is 18.9. The number of ether oxygens (including phenoxy) is 1. The highest BCUT2D eigenvalue weighted by atomic mass is 32.2. The zero-order valence-corrected chi connectivity index (χ0v) is 22.4. The molecular formula is C31H31F4NO2S. The molecule has 8 heteroatoms. The normalized spacial score (nSPS) is 18.1. The molecule has 0 spiro atoms. The average molecular weight is 558 g/mol. The van der Waals surface area contributed by atoms with E-state index < -0.39 is 17.6 Å². The lowest BCUT2D eigenvalue weighted by molar-refractivity contribution is -0.0369. The maximum absolute atomic E-state index is 12.7. The molecule has 0 aromatic heterocycles. The third-order valence-electron chi connectivity index (χ3n) is 7.16. The first kappa shape index (κ1) is 27.6. The van der Waals surface area contributed by atoms with E-state index in [-0.39, 0.29) is 18.5 Å². The summed E-state index contributed by atoms with van der Waals surface area (Å²) >= 11 is -0.490. The molecule has 1 aliphatic carbocycles. The van der Waals surface area contributed by atoms with Gasteiger partial charge in [0.25, 0.3) is 0 Å². The second kappa shape index (κ2) is 12.5. The molecule has 3 aromatic rings. The van der Waals surface area contributed by atoms with Crippen LogP contribution in [0, 0.1) is 0 Å². The highest BCUT2D eigenvalue weighted by Crippen LogP contribution is 2.42. The number of benzene rings is 3. The molecule has 0 N–H and O–H groups in total. The number of nitrogens with zero attached hydrogens (tertiary/aromatic N) is 1. The van der Waals surface area contributed by atoms with Crippen LogP contribution >= 0.6 is 12.0 Å². The number of rotatable bonds is 9. The Kier molecular flexibility index (Phi) is 8.82. The van der Waals surface area contributed by atoms with E-state index in [1.54, 1.807) is 12.1 Å². The molecule has 1 fully saturated rings. The molecule has 1 heterocycles. The molecule has 1 saturated heterocycles. The fourth-order valence-corrected chi connectivity index (χ4v) is 5.74. The summed E-state index contributed by atoms with van der Waals surface area (Å²) in [6.07, 6.45) is 4.01. The second-order valence-corrected chi connectivity index (χ2v) is 10.7. The first-order valence-corrected chi connectivity index (χ1v) is 14.0. The SMILES string of the molecule is FCCCN1CCC(Oc2ccc(C3=C(c4ccccc4)CCCc4cc(OSC(F)(F)F)ccc43)cc2)C1. The van der Waals surface area contributed by atoms with Crippen LogP contribution < -0.4 is 8.92 Å². The Bertz CT molecular complexity index is 1280. The van der Waals surface area contributed by atoms with Gasteiger partial charge < -0.3 is 8.92 Å².